The van der Waals surface area contributed by atoms with Gasteiger partial charge in [-0.05, 0) is 25.1 Å². The van der Waals surface area contributed by atoms with E-state index >= 15 is 0 Å². The lowest BCUT2D eigenvalue weighted by Crippen LogP contribution is -2.27. The number of nitrogens with two attached hydrogens (primary N) is 1. The summed E-state index contributed by atoms with van der Waals surface area (Å²) in [6, 6.07) is 3.49. The van der Waals surface area contributed by atoms with Gasteiger partial charge in [0.2, 0.25) is 5.91 Å². The highest BCUT2D eigenvalue weighted by Gasteiger charge is 2.26. The fraction of sp³-hybridized carbons (Fsp3) is 0.462. The Bertz CT molecular complexity index is 473. The van der Waals surface area contributed by atoms with E-state index in [2.05, 4.69) is 14.6 Å². The molecule has 0 spiro atoms. The van der Waals surface area contributed by atoms with Gasteiger partial charge in [0, 0.05) is 19.3 Å². The number of rotatable bonds is 4. The van der Waals surface area contributed by atoms with Crippen LogP contribution in [0.3, 0.4) is 0 Å². The molecule has 0 radical (unpaired) electrons. The highest BCUT2D eigenvalue weighted by atomic mass is 16.5. The van der Waals surface area contributed by atoms with Crippen molar-refractivity contribution in [1.82, 2.24) is 9.88 Å². The third-order valence-electron chi connectivity index (χ3n) is 3.31. The van der Waals surface area contributed by atoms with Crippen molar-refractivity contribution in [1.29, 1.82) is 0 Å². The predicted molar refractivity (Wildman–Crippen MR) is 68.2 cm³/mol. The Kier molecular flexibility index (Phi) is 4.11. The lowest BCUT2D eigenvalue weighted by atomic mass is 10.1. The van der Waals surface area contributed by atoms with Crippen LogP contribution in [0.2, 0.25) is 0 Å². The standard InChI is InChI=1S/C13H17N3O3/c1-19-13(18)9-2-3-11(15-6-9)8-16-5-4-10(7-16)12(14)17/h2-3,6,10H,4-5,7-8H2,1H3,(H2,14,17). The van der Waals surface area contributed by atoms with Crippen LogP contribution in [0.25, 0.3) is 0 Å². The van der Waals surface area contributed by atoms with Gasteiger partial charge in [0.15, 0.2) is 0 Å². The fourth-order valence-electron chi connectivity index (χ4n) is 2.19. The van der Waals surface area contributed by atoms with E-state index in [-0.39, 0.29) is 11.8 Å². The highest BCUT2D eigenvalue weighted by Crippen LogP contribution is 2.17. The zero-order valence-corrected chi connectivity index (χ0v) is 10.8. The van der Waals surface area contributed by atoms with E-state index in [1.165, 1.54) is 13.3 Å². The molecule has 1 aliphatic heterocycles. The first-order chi connectivity index (χ1) is 9.10. The summed E-state index contributed by atoms with van der Waals surface area (Å²) in [6.45, 7) is 2.18. The van der Waals surface area contributed by atoms with Crippen LogP contribution in [0.4, 0.5) is 0 Å². The monoisotopic (exact) mass is 263 g/mol. The molecule has 1 aromatic rings. The van der Waals surface area contributed by atoms with Crippen molar-refractivity contribution in [2.24, 2.45) is 11.7 Å². The van der Waals surface area contributed by atoms with E-state index < -0.39 is 5.97 Å². The zero-order chi connectivity index (χ0) is 13.8. The van der Waals surface area contributed by atoms with Crippen LogP contribution >= 0.6 is 0 Å². The number of nitrogens with zero attached hydrogens (tertiary/aromatic N) is 2. The molecule has 6 heteroatoms. The van der Waals surface area contributed by atoms with Crippen molar-refractivity contribution in [2.75, 3.05) is 20.2 Å². The molecular formula is C13H17N3O3. The Hall–Kier alpha value is -1.95. The summed E-state index contributed by atoms with van der Waals surface area (Å²) in [7, 11) is 1.34. The number of carbonyl (C=O) groups is 2. The number of primary amides is 1. The fourth-order valence-corrected chi connectivity index (χ4v) is 2.19. The van der Waals surface area contributed by atoms with Crippen molar-refractivity contribution < 1.29 is 14.3 Å². The van der Waals surface area contributed by atoms with Crippen molar-refractivity contribution in [2.45, 2.75) is 13.0 Å². The van der Waals surface area contributed by atoms with Crippen molar-refractivity contribution in [3.8, 4) is 0 Å². The van der Waals surface area contributed by atoms with Gasteiger partial charge in [-0.15, -0.1) is 0 Å². The van der Waals surface area contributed by atoms with Gasteiger partial charge in [0.1, 0.15) is 0 Å². The summed E-state index contributed by atoms with van der Waals surface area (Å²) < 4.78 is 4.61. The summed E-state index contributed by atoms with van der Waals surface area (Å²) in [6.07, 6.45) is 2.30. The van der Waals surface area contributed by atoms with Crippen LogP contribution in [0.15, 0.2) is 18.3 Å². The van der Waals surface area contributed by atoms with Crippen LogP contribution in [-0.4, -0.2) is 42.0 Å². The van der Waals surface area contributed by atoms with E-state index in [9.17, 15) is 9.59 Å². The molecule has 102 valence electrons. The minimum Gasteiger partial charge on any atom is -0.465 e. The van der Waals surface area contributed by atoms with Crippen LogP contribution < -0.4 is 5.73 Å². The number of esters is 1. The molecule has 1 saturated heterocycles. The number of ether oxygens (including phenoxy) is 1. The number of aromatic nitrogens is 1. The van der Waals surface area contributed by atoms with Crippen LogP contribution in [0, 0.1) is 5.92 Å². The molecule has 1 aromatic heterocycles. The van der Waals surface area contributed by atoms with Crippen LogP contribution in [0.1, 0.15) is 22.5 Å². The Labute approximate surface area is 111 Å². The number of pyridine rings is 1. The molecule has 0 saturated carbocycles. The average Bonchev–Trinajstić information content (AvgIpc) is 2.87. The average molecular weight is 263 g/mol. The molecule has 19 heavy (non-hydrogen) atoms. The number of hydrogen-bond acceptors (Lipinski definition) is 5. The van der Waals surface area contributed by atoms with Crippen molar-refractivity contribution >= 4 is 11.9 Å². The first-order valence-corrected chi connectivity index (χ1v) is 6.15. The summed E-state index contributed by atoms with van der Waals surface area (Å²) >= 11 is 0. The summed E-state index contributed by atoms with van der Waals surface area (Å²) in [5.74, 6) is -0.695. The number of likely N-dealkylation sites (tertiary alicyclic amines) is 1. The van der Waals surface area contributed by atoms with Crippen molar-refractivity contribution in [3.05, 3.63) is 29.6 Å². The van der Waals surface area contributed by atoms with Gasteiger partial charge in [-0.1, -0.05) is 0 Å². The predicted octanol–water partition coefficient (Wildman–Crippen LogP) is 0.175. The molecule has 1 aliphatic rings. The molecule has 0 bridgehead atoms. The van der Waals surface area contributed by atoms with E-state index in [0.717, 1.165) is 18.7 Å². The minimum absolute atomic E-state index is 0.0608. The maximum absolute atomic E-state index is 11.3. The lowest BCUT2D eigenvalue weighted by Gasteiger charge is -2.14. The molecule has 1 amide bonds. The molecular weight excluding hydrogens is 246 g/mol. The molecule has 2 rings (SSSR count). The Morgan fingerprint density at radius 1 is 1.53 bits per heavy atom. The first kappa shape index (κ1) is 13.5. The second-order valence-electron chi connectivity index (χ2n) is 4.65. The molecule has 0 aromatic carbocycles. The maximum atomic E-state index is 11.3. The molecule has 0 aliphatic carbocycles. The second kappa shape index (κ2) is 5.79. The third-order valence-corrected chi connectivity index (χ3v) is 3.31. The quantitative estimate of drug-likeness (QED) is 0.783. The SMILES string of the molecule is COC(=O)c1ccc(CN2CCC(C(N)=O)C2)nc1. The van der Waals surface area contributed by atoms with Gasteiger partial charge in [-0.25, -0.2) is 4.79 Å². The van der Waals surface area contributed by atoms with E-state index in [4.69, 9.17) is 5.73 Å². The van der Waals surface area contributed by atoms with Gasteiger partial charge in [-0.3, -0.25) is 14.7 Å². The van der Waals surface area contributed by atoms with Crippen LogP contribution in [-0.2, 0) is 16.1 Å². The van der Waals surface area contributed by atoms with Gasteiger partial charge in [0.05, 0.1) is 24.3 Å². The largest absolute Gasteiger partial charge is 0.465 e. The number of amides is 1. The maximum Gasteiger partial charge on any atom is 0.339 e. The smallest absolute Gasteiger partial charge is 0.339 e. The normalized spacial score (nSPS) is 19.3. The summed E-state index contributed by atoms with van der Waals surface area (Å²) in [4.78, 5) is 28.7. The second-order valence-corrected chi connectivity index (χ2v) is 4.65. The van der Waals surface area contributed by atoms with Gasteiger partial charge in [-0.2, -0.15) is 0 Å². The summed E-state index contributed by atoms with van der Waals surface area (Å²) in [5.41, 5.74) is 6.58. The van der Waals surface area contributed by atoms with E-state index in [1.54, 1.807) is 12.1 Å². The van der Waals surface area contributed by atoms with Gasteiger partial charge >= 0.3 is 5.97 Å². The topological polar surface area (TPSA) is 85.5 Å². The van der Waals surface area contributed by atoms with E-state index in [1.807, 2.05) is 0 Å². The highest BCUT2D eigenvalue weighted by molar-refractivity contribution is 5.88. The van der Waals surface area contributed by atoms with Gasteiger partial charge < -0.3 is 10.5 Å². The molecule has 6 nitrogen and oxygen atoms in total. The molecule has 2 heterocycles. The van der Waals surface area contributed by atoms with Crippen LogP contribution in [0.5, 0.6) is 0 Å². The first-order valence-electron chi connectivity index (χ1n) is 6.15. The Balaban J connectivity index is 1.93. The molecule has 1 atom stereocenters. The third kappa shape index (κ3) is 3.29. The lowest BCUT2D eigenvalue weighted by molar-refractivity contribution is -0.121. The number of carbonyl (C=O) groups excluding carboxylic acids is 2. The zero-order valence-electron chi connectivity index (χ0n) is 10.8. The van der Waals surface area contributed by atoms with Crippen molar-refractivity contribution in [3.63, 3.8) is 0 Å². The number of methoxy groups -OCH3 is 1. The Morgan fingerprint density at radius 3 is 2.84 bits per heavy atom. The van der Waals surface area contributed by atoms with Gasteiger partial charge in [0.25, 0.3) is 0 Å². The molecule has 1 fully saturated rings. The van der Waals surface area contributed by atoms with E-state index in [0.29, 0.717) is 18.7 Å². The molecule has 2 N–H and O–H groups in total. The Morgan fingerprint density at radius 2 is 2.32 bits per heavy atom. The summed E-state index contributed by atoms with van der Waals surface area (Å²) in [5, 5.41) is 0. The number of hydrogen-bond donors (Lipinski definition) is 1. The molecule has 1 unspecified atom stereocenters. The minimum atomic E-state index is -0.394.